The predicted molar refractivity (Wildman–Crippen MR) is 203 cm³/mol. The molecule has 6 aromatic rings. The third-order valence-corrected chi connectivity index (χ3v) is 10.4. The zero-order chi connectivity index (χ0) is 37.3. The van der Waals surface area contributed by atoms with Crippen molar-refractivity contribution in [1.29, 1.82) is 0 Å². The number of carbonyl (C=O) groups is 3. The van der Waals surface area contributed by atoms with E-state index < -0.39 is 6.23 Å². The average Bonchev–Trinajstić information content (AvgIpc) is 3.82. The fourth-order valence-corrected chi connectivity index (χ4v) is 7.47. The number of aliphatic hydroxyl groups is 1. The molecule has 13 nitrogen and oxygen atoms in total. The maximum atomic E-state index is 13.0. The van der Waals surface area contributed by atoms with Crippen molar-refractivity contribution in [1.82, 2.24) is 44.8 Å². The molecule has 2 aliphatic rings. The molecule has 54 heavy (non-hydrogen) atoms. The highest BCUT2D eigenvalue weighted by atomic mass is 16.3. The van der Waals surface area contributed by atoms with Crippen LogP contribution in [0.4, 0.5) is 0 Å². The summed E-state index contributed by atoms with van der Waals surface area (Å²) in [4.78, 5) is 53.8. The van der Waals surface area contributed by atoms with Gasteiger partial charge in [-0.25, -0.2) is 4.98 Å². The summed E-state index contributed by atoms with van der Waals surface area (Å²) in [5, 5.41) is 21.7. The summed E-state index contributed by atoms with van der Waals surface area (Å²) < 4.78 is 4.02. The fourth-order valence-electron chi connectivity index (χ4n) is 7.47. The lowest BCUT2D eigenvalue weighted by Crippen LogP contribution is -2.42. The maximum Gasteiger partial charge on any atom is 0.269 e. The van der Waals surface area contributed by atoms with Crippen LogP contribution in [0.25, 0.3) is 44.4 Å². The number of aliphatic hydroxyl groups excluding tert-OH is 1. The van der Waals surface area contributed by atoms with Gasteiger partial charge in [0.15, 0.2) is 0 Å². The first-order chi connectivity index (χ1) is 26.2. The van der Waals surface area contributed by atoms with E-state index in [1.54, 1.807) is 30.1 Å². The number of aryl methyl sites for hydroxylation is 1. The number of piperidine rings is 1. The molecule has 6 heterocycles. The van der Waals surface area contributed by atoms with E-state index in [2.05, 4.69) is 38.3 Å². The lowest BCUT2D eigenvalue weighted by Gasteiger charge is -2.28. The molecule has 2 atom stereocenters. The van der Waals surface area contributed by atoms with Gasteiger partial charge >= 0.3 is 0 Å². The summed E-state index contributed by atoms with van der Waals surface area (Å²) in [5.41, 5.74) is 7.50. The van der Waals surface area contributed by atoms with E-state index in [1.165, 1.54) is 0 Å². The number of carbonyl (C=O) groups excluding carboxylic acids is 3. The lowest BCUT2D eigenvalue weighted by molar-refractivity contribution is -0.130. The van der Waals surface area contributed by atoms with Gasteiger partial charge in [0.2, 0.25) is 11.8 Å². The molecule has 0 bridgehead atoms. The van der Waals surface area contributed by atoms with Crippen molar-refractivity contribution in [3.05, 3.63) is 108 Å². The first kappa shape index (κ1) is 34.9. The van der Waals surface area contributed by atoms with Gasteiger partial charge in [0.1, 0.15) is 17.7 Å². The van der Waals surface area contributed by atoms with Crippen molar-refractivity contribution in [2.45, 2.75) is 64.9 Å². The second kappa shape index (κ2) is 14.7. The Morgan fingerprint density at radius 1 is 0.963 bits per heavy atom. The van der Waals surface area contributed by atoms with Crippen LogP contribution in [0.5, 0.6) is 0 Å². The highest BCUT2D eigenvalue weighted by Crippen LogP contribution is 2.35. The van der Waals surface area contributed by atoms with Crippen molar-refractivity contribution < 1.29 is 19.5 Å². The van der Waals surface area contributed by atoms with Crippen LogP contribution in [-0.2, 0) is 35.6 Å². The first-order valence-corrected chi connectivity index (χ1v) is 18.3. The number of hydrogen-bond acceptors (Lipinski definition) is 8. The van der Waals surface area contributed by atoms with E-state index in [4.69, 9.17) is 9.97 Å². The third kappa shape index (κ3) is 6.85. The average molecular weight is 724 g/mol. The Balaban J connectivity index is 0.912. The molecule has 1 saturated heterocycles. The number of imidazole rings is 1. The molecule has 13 heteroatoms. The van der Waals surface area contributed by atoms with Gasteiger partial charge in [0.25, 0.3) is 5.91 Å². The van der Waals surface area contributed by atoms with Crippen molar-refractivity contribution in [3.8, 4) is 33.6 Å². The van der Waals surface area contributed by atoms with Crippen LogP contribution in [0.15, 0.2) is 85.5 Å². The van der Waals surface area contributed by atoms with Gasteiger partial charge < -0.3 is 25.2 Å². The number of hydrogen-bond donors (Lipinski definition) is 3. The van der Waals surface area contributed by atoms with E-state index >= 15 is 0 Å². The van der Waals surface area contributed by atoms with Crippen LogP contribution in [0, 0.1) is 0 Å². The fraction of sp³-hybridized carbons (Fsp3) is 0.293. The van der Waals surface area contributed by atoms with E-state index in [1.807, 2.05) is 65.8 Å². The van der Waals surface area contributed by atoms with Crippen LogP contribution < -0.4 is 10.6 Å². The summed E-state index contributed by atoms with van der Waals surface area (Å²) >= 11 is 0. The number of nitrogens with zero attached hydrogens (tertiary/aromatic N) is 7. The Labute approximate surface area is 312 Å². The highest BCUT2D eigenvalue weighted by Gasteiger charge is 2.29. The molecule has 0 saturated carbocycles. The molecular formula is C41H41N9O4. The van der Waals surface area contributed by atoms with E-state index in [-0.39, 0.29) is 23.6 Å². The molecule has 2 unspecified atom stereocenters. The summed E-state index contributed by atoms with van der Waals surface area (Å²) in [6.07, 6.45) is 8.34. The topological polar surface area (TPSA) is 160 Å². The molecular weight excluding hydrogens is 683 g/mol. The van der Waals surface area contributed by atoms with Crippen molar-refractivity contribution in [2.75, 3.05) is 13.1 Å². The van der Waals surface area contributed by atoms with Crippen molar-refractivity contribution in [3.63, 3.8) is 0 Å². The highest BCUT2D eigenvalue weighted by molar-refractivity contribution is 5.97. The monoisotopic (exact) mass is 723 g/mol. The second-order valence-electron chi connectivity index (χ2n) is 13.8. The Bertz CT molecular complexity index is 2380. The molecule has 0 radical (unpaired) electrons. The zero-order valence-electron chi connectivity index (χ0n) is 30.2. The van der Waals surface area contributed by atoms with Crippen LogP contribution in [-0.4, -0.2) is 76.3 Å². The largest absolute Gasteiger partial charge is 0.374 e. The van der Waals surface area contributed by atoms with E-state index in [0.29, 0.717) is 44.7 Å². The van der Waals surface area contributed by atoms with Gasteiger partial charge in [-0.05, 0) is 47.6 Å². The number of benzene rings is 2. The summed E-state index contributed by atoms with van der Waals surface area (Å²) in [6.45, 7) is 6.48. The quantitative estimate of drug-likeness (QED) is 0.194. The molecule has 0 aliphatic carbocycles. The molecule has 2 aromatic carbocycles. The minimum absolute atomic E-state index is 0.0621. The van der Waals surface area contributed by atoms with Gasteiger partial charge in [0.05, 0.1) is 42.3 Å². The van der Waals surface area contributed by atoms with Crippen LogP contribution in [0.1, 0.15) is 60.2 Å². The summed E-state index contributed by atoms with van der Waals surface area (Å²) in [6, 6.07) is 19.5. The molecule has 2 aliphatic heterocycles. The number of nitrogens with one attached hydrogen (secondary N) is 2. The van der Waals surface area contributed by atoms with Crippen LogP contribution in [0.2, 0.25) is 0 Å². The number of fused-ring (bicyclic) bond motifs is 2. The van der Waals surface area contributed by atoms with Crippen LogP contribution >= 0.6 is 0 Å². The number of amides is 3. The van der Waals surface area contributed by atoms with Gasteiger partial charge in [-0.3, -0.25) is 29.0 Å². The molecule has 274 valence electrons. The molecule has 3 amide bonds. The van der Waals surface area contributed by atoms with Crippen LogP contribution in [0.3, 0.4) is 0 Å². The van der Waals surface area contributed by atoms with Gasteiger partial charge in [0, 0.05) is 73.6 Å². The predicted octanol–water partition coefficient (Wildman–Crippen LogP) is 4.69. The van der Waals surface area contributed by atoms with Gasteiger partial charge in [-0.1, -0.05) is 49.4 Å². The summed E-state index contributed by atoms with van der Waals surface area (Å²) in [5.74, 6) is 0.332. The molecule has 4 aromatic heterocycles. The maximum absolute atomic E-state index is 13.0. The molecule has 8 rings (SSSR count). The van der Waals surface area contributed by atoms with Gasteiger partial charge in [-0.15, -0.1) is 0 Å². The van der Waals surface area contributed by atoms with Crippen molar-refractivity contribution >= 4 is 28.5 Å². The molecule has 3 N–H and O–H groups in total. The Hall–Kier alpha value is -6.21. The minimum atomic E-state index is -0.785. The minimum Gasteiger partial charge on any atom is -0.374 e. The van der Waals surface area contributed by atoms with E-state index in [9.17, 15) is 19.5 Å². The number of pyridine rings is 2. The standard InChI is InChI=1S/C41H41N9O4/c1-3-37-46-39(36-24-48(25(2)51)16-17-50(36)37)32-9-5-8-28-19-35(44-22-33(28)32)29-10-12-34(43-20-29)41(54)42-14-15-49-23-30(21-45-49)26-6-4-7-27(18-26)31-11-13-38(52)47-40(31)53/h4-10,12,18-23,31,38,52H,3,11,13-17,24H2,1-2H3,(H,42,54)(H,47,53). The van der Waals surface area contributed by atoms with Gasteiger partial charge in [-0.2, -0.15) is 5.10 Å². The number of rotatable bonds is 9. The summed E-state index contributed by atoms with van der Waals surface area (Å²) in [7, 11) is 0. The Kier molecular flexibility index (Phi) is 9.47. The van der Waals surface area contributed by atoms with Crippen molar-refractivity contribution in [2.24, 2.45) is 0 Å². The second-order valence-corrected chi connectivity index (χ2v) is 13.8. The smallest absolute Gasteiger partial charge is 0.269 e. The molecule has 0 spiro atoms. The first-order valence-electron chi connectivity index (χ1n) is 18.3. The third-order valence-electron chi connectivity index (χ3n) is 10.4. The Morgan fingerprint density at radius 2 is 1.83 bits per heavy atom. The molecule has 1 fully saturated rings. The lowest BCUT2D eigenvalue weighted by atomic mass is 9.89. The Morgan fingerprint density at radius 3 is 2.63 bits per heavy atom. The zero-order valence-corrected chi connectivity index (χ0v) is 30.2. The SMILES string of the molecule is CCc1nc(-c2cccc3cc(-c4ccc(C(=O)NCCn5cc(-c6cccc(C7CCC(O)NC7=O)c6)cn5)nc4)ncc23)c2n1CCN(C(C)=O)C2. The number of aromatic nitrogens is 6. The van der Waals surface area contributed by atoms with E-state index in [0.717, 1.165) is 74.5 Å². The normalized spacial score (nSPS) is 16.9.